The molecular formula is C12H20N2O3S. The molecule has 0 saturated carbocycles. The Hall–Kier alpha value is -1.11. The van der Waals surface area contributed by atoms with Crippen LogP contribution in [0.5, 0.6) is 0 Å². The average Bonchev–Trinajstić information content (AvgIpc) is 2.35. The van der Waals surface area contributed by atoms with Crippen molar-refractivity contribution >= 4 is 15.9 Å². The summed E-state index contributed by atoms with van der Waals surface area (Å²) < 4.78 is 27.6. The van der Waals surface area contributed by atoms with Crippen molar-refractivity contribution in [3.8, 4) is 0 Å². The summed E-state index contributed by atoms with van der Waals surface area (Å²) in [6.07, 6.45) is 1.28. The predicted octanol–water partition coefficient (Wildman–Crippen LogP) is 1.22. The number of hydrogen-bond donors (Lipinski definition) is 2. The lowest BCUT2D eigenvalue weighted by molar-refractivity contribution is 0.276. The van der Waals surface area contributed by atoms with Gasteiger partial charge >= 0.3 is 10.2 Å². The molecule has 0 saturated heterocycles. The van der Waals surface area contributed by atoms with Gasteiger partial charge in [0.2, 0.25) is 0 Å². The smallest absolute Gasteiger partial charge is 0.301 e. The van der Waals surface area contributed by atoms with Crippen LogP contribution >= 0.6 is 0 Å². The van der Waals surface area contributed by atoms with Gasteiger partial charge in [0.1, 0.15) is 0 Å². The number of nitrogens with one attached hydrogen (secondary N) is 1. The van der Waals surface area contributed by atoms with Crippen LogP contribution in [0.15, 0.2) is 24.3 Å². The minimum absolute atomic E-state index is 0.0226. The molecule has 5 nitrogen and oxygen atoms in total. The van der Waals surface area contributed by atoms with Gasteiger partial charge in [-0.25, -0.2) is 0 Å². The molecule has 0 atom stereocenters. The second-order valence-corrected chi connectivity index (χ2v) is 5.84. The molecule has 0 amide bonds. The number of anilines is 1. The molecule has 0 radical (unpaired) electrons. The van der Waals surface area contributed by atoms with Gasteiger partial charge in [0.25, 0.3) is 0 Å². The molecule has 2 N–H and O–H groups in total. The standard InChI is InChI=1S/C12H20N2O3S/c1-3-11-6-4-7-12(10-11)13-18(16,17)14(2)8-5-9-15/h4,6-7,10,13,15H,3,5,8-9H2,1-2H3. The number of aryl methyl sites for hydroxylation is 1. The summed E-state index contributed by atoms with van der Waals surface area (Å²) in [7, 11) is -2.05. The Balaban J connectivity index is 2.75. The van der Waals surface area contributed by atoms with Crippen molar-refractivity contribution in [3.05, 3.63) is 29.8 Å². The first-order valence-corrected chi connectivity index (χ1v) is 7.37. The SMILES string of the molecule is CCc1cccc(NS(=O)(=O)N(C)CCCO)c1. The second-order valence-electron chi connectivity index (χ2n) is 4.06. The molecule has 18 heavy (non-hydrogen) atoms. The van der Waals surface area contributed by atoms with E-state index in [2.05, 4.69) is 4.72 Å². The van der Waals surface area contributed by atoms with Crippen molar-refractivity contribution in [1.82, 2.24) is 4.31 Å². The van der Waals surface area contributed by atoms with Crippen LogP contribution in [0.3, 0.4) is 0 Å². The number of nitrogens with zero attached hydrogens (tertiary/aromatic N) is 1. The van der Waals surface area contributed by atoms with E-state index in [0.717, 1.165) is 12.0 Å². The lowest BCUT2D eigenvalue weighted by Gasteiger charge is -2.18. The molecule has 0 aliphatic rings. The highest BCUT2D eigenvalue weighted by Crippen LogP contribution is 2.14. The maximum atomic E-state index is 11.9. The van der Waals surface area contributed by atoms with E-state index in [1.165, 1.54) is 11.4 Å². The topological polar surface area (TPSA) is 69.6 Å². The lowest BCUT2D eigenvalue weighted by Crippen LogP contribution is -2.33. The molecule has 0 fully saturated rings. The van der Waals surface area contributed by atoms with Crippen LogP contribution in [-0.4, -0.2) is 38.0 Å². The number of benzene rings is 1. The van der Waals surface area contributed by atoms with Crippen LogP contribution in [0.25, 0.3) is 0 Å². The Morgan fingerprint density at radius 3 is 2.72 bits per heavy atom. The van der Waals surface area contributed by atoms with Gasteiger partial charge in [-0.15, -0.1) is 0 Å². The quantitative estimate of drug-likeness (QED) is 0.784. The third-order valence-electron chi connectivity index (χ3n) is 2.62. The van der Waals surface area contributed by atoms with Crippen LogP contribution in [0, 0.1) is 0 Å². The fourth-order valence-corrected chi connectivity index (χ4v) is 2.45. The summed E-state index contributed by atoms with van der Waals surface area (Å²) in [5.41, 5.74) is 1.64. The van der Waals surface area contributed by atoms with Crippen molar-refractivity contribution < 1.29 is 13.5 Å². The van der Waals surface area contributed by atoms with Gasteiger partial charge in [0.05, 0.1) is 5.69 Å². The first kappa shape index (κ1) is 14.9. The van der Waals surface area contributed by atoms with E-state index >= 15 is 0 Å². The summed E-state index contributed by atoms with van der Waals surface area (Å²) in [6, 6.07) is 7.31. The van der Waals surface area contributed by atoms with Gasteiger partial charge in [-0.3, -0.25) is 4.72 Å². The molecule has 0 heterocycles. The number of hydrogen-bond acceptors (Lipinski definition) is 3. The fourth-order valence-electron chi connectivity index (χ4n) is 1.50. The zero-order valence-electron chi connectivity index (χ0n) is 10.8. The van der Waals surface area contributed by atoms with Gasteiger partial charge in [0.15, 0.2) is 0 Å². The van der Waals surface area contributed by atoms with Crippen LogP contribution in [-0.2, 0) is 16.6 Å². The summed E-state index contributed by atoms with van der Waals surface area (Å²) in [5, 5.41) is 8.70. The van der Waals surface area contributed by atoms with E-state index in [-0.39, 0.29) is 6.61 Å². The molecule has 0 bridgehead atoms. The highest BCUT2D eigenvalue weighted by molar-refractivity contribution is 7.90. The molecule has 0 unspecified atom stereocenters. The first-order chi connectivity index (χ1) is 8.49. The zero-order chi connectivity index (χ0) is 13.6. The molecule has 1 aromatic carbocycles. The Bertz CT molecular complexity index is 474. The van der Waals surface area contributed by atoms with E-state index in [1.807, 2.05) is 25.1 Å². The molecule has 1 rings (SSSR count). The average molecular weight is 272 g/mol. The van der Waals surface area contributed by atoms with Gasteiger partial charge in [0, 0.05) is 20.2 Å². The molecule has 0 aliphatic carbocycles. The summed E-state index contributed by atoms with van der Waals surface area (Å²) in [6.45, 7) is 2.28. The highest BCUT2D eigenvalue weighted by atomic mass is 32.2. The van der Waals surface area contributed by atoms with Crippen molar-refractivity contribution in [3.63, 3.8) is 0 Å². The number of aliphatic hydroxyl groups is 1. The summed E-state index contributed by atoms with van der Waals surface area (Å²) in [4.78, 5) is 0. The fraction of sp³-hybridized carbons (Fsp3) is 0.500. The number of rotatable bonds is 7. The largest absolute Gasteiger partial charge is 0.396 e. The molecule has 1 aromatic rings. The normalized spacial score (nSPS) is 11.8. The van der Waals surface area contributed by atoms with E-state index < -0.39 is 10.2 Å². The van der Waals surface area contributed by atoms with Crippen molar-refractivity contribution in [2.75, 3.05) is 24.9 Å². The molecular weight excluding hydrogens is 252 g/mol. The van der Waals surface area contributed by atoms with E-state index in [1.54, 1.807) is 6.07 Å². The van der Waals surface area contributed by atoms with Gasteiger partial charge in [-0.1, -0.05) is 19.1 Å². The van der Waals surface area contributed by atoms with Crippen LogP contribution in [0.4, 0.5) is 5.69 Å². The van der Waals surface area contributed by atoms with E-state index in [0.29, 0.717) is 18.7 Å². The maximum Gasteiger partial charge on any atom is 0.301 e. The predicted molar refractivity (Wildman–Crippen MR) is 72.7 cm³/mol. The lowest BCUT2D eigenvalue weighted by atomic mass is 10.1. The van der Waals surface area contributed by atoms with Crippen LogP contribution in [0.1, 0.15) is 18.9 Å². The second kappa shape index (κ2) is 6.72. The van der Waals surface area contributed by atoms with Gasteiger partial charge in [-0.2, -0.15) is 12.7 Å². The maximum absolute atomic E-state index is 11.9. The Kier molecular flexibility index (Phi) is 5.58. The molecule has 0 spiro atoms. The Morgan fingerprint density at radius 1 is 1.39 bits per heavy atom. The molecule has 102 valence electrons. The first-order valence-electron chi connectivity index (χ1n) is 5.93. The third-order valence-corrected chi connectivity index (χ3v) is 4.12. The Labute approximate surface area is 109 Å². The van der Waals surface area contributed by atoms with Crippen molar-refractivity contribution in [2.45, 2.75) is 19.8 Å². The molecule has 0 aliphatic heterocycles. The number of aliphatic hydroxyl groups excluding tert-OH is 1. The molecule has 6 heteroatoms. The van der Waals surface area contributed by atoms with Gasteiger partial charge in [-0.05, 0) is 30.5 Å². The van der Waals surface area contributed by atoms with Gasteiger partial charge < -0.3 is 5.11 Å². The monoisotopic (exact) mass is 272 g/mol. The highest BCUT2D eigenvalue weighted by Gasteiger charge is 2.16. The van der Waals surface area contributed by atoms with Crippen LogP contribution < -0.4 is 4.72 Å². The summed E-state index contributed by atoms with van der Waals surface area (Å²) in [5.74, 6) is 0. The zero-order valence-corrected chi connectivity index (χ0v) is 11.6. The Morgan fingerprint density at radius 2 is 2.11 bits per heavy atom. The van der Waals surface area contributed by atoms with Crippen molar-refractivity contribution in [2.24, 2.45) is 0 Å². The minimum atomic E-state index is -3.54. The molecule has 0 aromatic heterocycles. The van der Waals surface area contributed by atoms with Crippen LogP contribution in [0.2, 0.25) is 0 Å². The van der Waals surface area contributed by atoms with E-state index in [4.69, 9.17) is 5.11 Å². The third kappa shape index (κ3) is 4.29. The minimum Gasteiger partial charge on any atom is -0.396 e. The van der Waals surface area contributed by atoms with Crippen molar-refractivity contribution in [1.29, 1.82) is 0 Å². The summed E-state index contributed by atoms with van der Waals surface area (Å²) >= 11 is 0. The van der Waals surface area contributed by atoms with E-state index in [9.17, 15) is 8.42 Å².